The number of hydrogen-bond donors (Lipinski definition) is 1. The molecule has 1 aromatic carbocycles. The molecule has 0 aliphatic carbocycles. The van der Waals surface area contributed by atoms with Gasteiger partial charge in [-0.05, 0) is 30.0 Å². The summed E-state index contributed by atoms with van der Waals surface area (Å²) in [4.78, 5) is 12.6. The van der Waals surface area contributed by atoms with E-state index in [1.165, 1.54) is 12.1 Å². The molecule has 0 saturated carbocycles. The molecular weight excluding hydrogens is 249 g/mol. The standard InChI is InChI=1S/C14H18FNO3/c15-13-3-1-2-11(7-13)6-12-8-16(9-14(17)18)4-5-19-10-12/h1-3,7,12H,4-6,8-10H2,(H,17,18)/t12-/m1/s1. The molecule has 1 N–H and O–H groups in total. The minimum absolute atomic E-state index is 0.0308. The van der Waals surface area contributed by atoms with Gasteiger partial charge in [0, 0.05) is 13.1 Å². The Morgan fingerprint density at radius 3 is 3.11 bits per heavy atom. The molecule has 2 rings (SSSR count). The van der Waals surface area contributed by atoms with E-state index in [9.17, 15) is 9.18 Å². The summed E-state index contributed by atoms with van der Waals surface area (Å²) >= 11 is 0. The highest BCUT2D eigenvalue weighted by Gasteiger charge is 2.20. The lowest BCUT2D eigenvalue weighted by atomic mass is 9.99. The summed E-state index contributed by atoms with van der Waals surface area (Å²) < 4.78 is 18.6. The van der Waals surface area contributed by atoms with Crippen molar-refractivity contribution in [3.8, 4) is 0 Å². The number of carboxylic acids is 1. The Morgan fingerprint density at radius 2 is 2.37 bits per heavy atom. The van der Waals surface area contributed by atoms with Gasteiger partial charge in [0.15, 0.2) is 0 Å². The van der Waals surface area contributed by atoms with Gasteiger partial charge in [-0.25, -0.2) is 4.39 Å². The Morgan fingerprint density at radius 1 is 1.53 bits per heavy atom. The van der Waals surface area contributed by atoms with Crippen molar-refractivity contribution in [3.63, 3.8) is 0 Å². The maximum absolute atomic E-state index is 13.1. The van der Waals surface area contributed by atoms with Crippen LogP contribution in [0.5, 0.6) is 0 Å². The molecular formula is C14H18FNO3. The highest BCUT2D eigenvalue weighted by atomic mass is 19.1. The van der Waals surface area contributed by atoms with Crippen LogP contribution in [0.4, 0.5) is 4.39 Å². The van der Waals surface area contributed by atoms with Crippen molar-refractivity contribution in [1.82, 2.24) is 4.90 Å². The summed E-state index contributed by atoms with van der Waals surface area (Å²) in [6.07, 6.45) is 0.702. The summed E-state index contributed by atoms with van der Waals surface area (Å²) in [5, 5.41) is 8.84. The fraction of sp³-hybridized carbons (Fsp3) is 0.500. The van der Waals surface area contributed by atoms with Gasteiger partial charge in [-0.1, -0.05) is 12.1 Å². The van der Waals surface area contributed by atoms with E-state index in [4.69, 9.17) is 9.84 Å². The Labute approximate surface area is 111 Å². The molecule has 4 nitrogen and oxygen atoms in total. The highest BCUT2D eigenvalue weighted by molar-refractivity contribution is 5.69. The third-order valence-electron chi connectivity index (χ3n) is 3.19. The fourth-order valence-electron chi connectivity index (χ4n) is 2.41. The number of carbonyl (C=O) groups is 1. The molecule has 1 atom stereocenters. The fourth-order valence-corrected chi connectivity index (χ4v) is 2.41. The average molecular weight is 267 g/mol. The molecule has 1 fully saturated rings. The first-order valence-electron chi connectivity index (χ1n) is 6.40. The Bertz CT molecular complexity index is 438. The third-order valence-corrected chi connectivity index (χ3v) is 3.19. The lowest BCUT2D eigenvalue weighted by molar-refractivity contribution is -0.138. The van der Waals surface area contributed by atoms with Crippen LogP contribution in [-0.4, -0.2) is 48.8 Å². The van der Waals surface area contributed by atoms with Crippen LogP contribution >= 0.6 is 0 Å². The number of hydrogen-bond acceptors (Lipinski definition) is 3. The molecule has 0 amide bonds. The molecule has 0 bridgehead atoms. The first kappa shape index (κ1) is 14.0. The van der Waals surface area contributed by atoms with E-state index in [0.717, 1.165) is 5.56 Å². The first-order valence-corrected chi connectivity index (χ1v) is 6.40. The maximum atomic E-state index is 13.1. The van der Waals surface area contributed by atoms with Gasteiger partial charge < -0.3 is 9.84 Å². The van der Waals surface area contributed by atoms with Gasteiger partial charge in [-0.3, -0.25) is 9.69 Å². The molecule has 1 saturated heterocycles. The topological polar surface area (TPSA) is 49.8 Å². The molecule has 0 radical (unpaired) electrons. The smallest absolute Gasteiger partial charge is 0.317 e. The summed E-state index contributed by atoms with van der Waals surface area (Å²) in [5.41, 5.74) is 0.922. The number of nitrogens with zero attached hydrogens (tertiary/aromatic N) is 1. The second-order valence-electron chi connectivity index (χ2n) is 4.90. The van der Waals surface area contributed by atoms with E-state index >= 15 is 0 Å². The van der Waals surface area contributed by atoms with E-state index in [1.807, 2.05) is 11.0 Å². The van der Waals surface area contributed by atoms with E-state index in [2.05, 4.69) is 0 Å². The third kappa shape index (κ3) is 4.61. The maximum Gasteiger partial charge on any atom is 0.317 e. The Balaban J connectivity index is 1.96. The number of benzene rings is 1. The Kier molecular flexibility index (Phi) is 4.87. The normalized spacial score (nSPS) is 21.0. The molecule has 1 aromatic rings. The van der Waals surface area contributed by atoms with Crippen LogP contribution in [0.1, 0.15) is 5.56 Å². The number of ether oxygens (including phenoxy) is 1. The van der Waals surface area contributed by atoms with Crippen LogP contribution in [0.25, 0.3) is 0 Å². The van der Waals surface area contributed by atoms with Crippen molar-refractivity contribution in [2.45, 2.75) is 6.42 Å². The molecule has 1 aliphatic heterocycles. The molecule has 0 spiro atoms. The van der Waals surface area contributed by atoms with Crippen LogP contribution in [0, 0.1) is 11.7 Å². The second-order valence-corrected chi connectivity index (χ2v) is 4.90. The predicted molar refractivity (Wildman–Crippen MR) is 68.5 cm³/mol. The zero-order valence-electron chi connectivity index (χ0n) is 10.7. The largest absolute Gasteiger partial charge is 0.480 e. The van der Waals surface area contributed by atoms with Gasteiger partial charge in [-0.15, -0.1) is 0 Å². The van der Waals surface area contributed by atoms with Crippen LogP contribution in [0.3, 0.4) is 0 Å². The monoisotopic (exact) mass is 267 g/mol. The molecule has 1 aliphatic rings. The molecule has 0 aromatic heterocycles. The zero-order chi connectivity index (χ0) is 13.7. The first-order chi connectivity index (χ1) is 9.13. The van der Waals surface area contributed by atoms with Crippen molar-refractivity contribution in [1.29, 1.82) is 0 Å². The van der Waals surface area contributed by atoms with Gasteiger partial charge in [0.05, 0.1) is 19.8 Å². The average Bonchev–Trinajstić information content (AvgIpc) is 2.53. The van der Waals surface area contributed by atoms with Gasteiger partial charge in [-0.2, -0.15) is 0 Å². The van der Waals surface area contributed by atoms with Gasteiger partial charge in [0.25, 0.3) is 0 Å². The zero-order valence-corrected chi connectivity index (χ0v) is 10.7. The molecule has 5 heteroatoms. The molecule has 1 heterocycles. The molecule has 0 unspecified atom stereocenters. The van der Waals surface area contributed by atoms with Crippen molar-refractivity contribution in [2.24, 2.45) is 5.92 Å². The van der Waals surface area contributed by atoms with E-state index in [1.54, 1.807) is 6.07 Å². The SMILES string of the molecule is O=C(O)CN1CCOC[C@H](Cc2cccc(F)c2)C1. The van der Waals surface area contributed by atoms with Gasteiger partial charge in [0.1, 0.15) is 5.82 Å². The number of aliphatic carboxylic acids is 1. The lowest BCUT2D eigenvalue weighted by Crippen LogP contribution is -2.35. The van der Waals surface area contributed by atoms with Gasteiger partial charge in [0.2, 0.25) is 0 Å². The quantitative estimate of drug-likeness (QED) is 0.896. The van der Waals surface area contributed by atoms with Crippen molar-refractivity contribution in [2.75, 3.05) is 32.8 Å². The summed E-state index contributed by atoms with van der Waals surface area (Å²) in [5.74, 6) is -0.871. The van der Waals surface area contributed by atoms with Crippen LogP contribution < -0.4 is 0 Å². The highest BCUT2D eigenvalue weighted by Crippen LogP contribution is 2.14. The van der Waals surface area contributed by atoms with E-state index in [0.29, 0.717) is 32.7 Å². The number of rotatable bonds is 4. The van der Waals surface area contributed by atoms with Gasteiger partial charge >= 0.3 is 5.97 Å². The molecule has 19 heavy (non-hydrogen) atoms. The Hall–Kier alpha value is -1.46. The second kappa shape index (κ2) is 6.63. The van der Waals surface area contributed by atoms with Crippen molar-refractivity contribution < 1.29 is 19.0 Å². The summed E-state index contributed by atoms with van der Waals surface area (Å²) in [6.45, 7) is 2.47. The minimum atomic E-state index is -0.827. The molecule has 104 valence electrons. The summed E-state index contributed by atoms with van der Waals surface area (Å²) in [6, 6.07) is 6.52. The predicted octanol–water partition coefficient (Wildman–Crippen LogP) is 1.40. The van der Waals surface area contributed by atoms with Crippen LogP contribution in [-0.2, 0) is 16.0 Å². The lowest BCUT2D eigenvalue weighted by Gasteiger charge is -2.21. The van der Waals surface area contributed by atoms with E-state index < -0.39 is 5.97 Å². The number of halogens is 1. The summed E-state index contributed by atoms with van der Waals surface area (Å²) in [7, 11) is 0. The van der Waals surface area contributed by atoms with E-state index in [-0.39, 0.29) is 18.3 Å². The van der Waals surface area contributed by atoms with Crippen molar-refractivity contribution >= 4 is 5.97 Å². The van der Waals surface area contributed by atoms with Crippen LogP contribution in [0.2, 0.25) is 0 Å². The minimum Gasteiger partial charge on any atom is -0.480 e. The number of carboxylic acid groups (broad SMARTS) is 1. The van der Waals surface area contributed by atoms with Crippen LogP contribution in [0.15, 0.2) is 24.3 Å². The van der Waals surface area contributed by atoms with Crippen molar-refractivity contribution in [3.05, 3.63) is 35.6 Å².